The van der Waals surface area contributed by atoms with Gasteiger partial charge in [-0.05, 0) is 42.3 Å². The molecule has 0 atom stereocenters. The monoisotopic (exact) mass is 379 g/mol. The molecule has 7 nitrogen and oxygen atoms in total. The van der Waals surface area contributed by atoms with Crippen molar-refractivity contribution in [2.24, 2.45) is 5.92 Å². The number of nitrogen functional groups attached to an aromatic ring is 1. The zero-order valence-electron chi connectivity index (χ0n) is 15.1. The van der Waals surface area contributed by atoms with E-state index in [1.165, 1.54) is 25.4 Å². The molecule has 0 unspecified atom stereocenters. The Hall–Kier alpha value is -3.39. The predicted octanol–water partition coefficient (Wildman–Crippen LogP) is 2.38. The lowest BCUT2D eigenvalue weighted by molar-refractivity contribution is -0.121. The van der Waals surface area contributed by atoms with Gasteiger partial charge < -0.3 is 16.4 Å². The Labute approximate surface area is 160 Å². The van der Waals surface area contributed by atoms with Crippen LogP contribution in [0.4, 0.5) is 15.9 Å². The number of nitrogens with one attached hydrogen (secondary N) is 2. The van der Waals surface area contributed by atoms with Crippen LogP contribution in [0.5, 0.6) is 0 Å². The smallest absolute Gasteiger partial charge is 0.230 e. The van der Waals surface area contributed by atoms with Gasteiger partial charge in [0, 0.05) is 24.0 Å². The van der Waals surface area contributed by atoms with Gasteiger partial charge in [0.05, 0.1) is 17.1 Å². The summed E-state index contributed by atoms with van der Waals surface area (Å²) in [6.07, 6.45) is 1.36. The molecule has 3 aromatic rings. The standard InChI is InChI=1S/C20H18FN5O2/c1-10(27)18-14(11-2-3-16-15(4-11)19(22)25-9-24-16)5-13(21)6-17(18)26-20(28)12-7-23-8-12/h2-6,9,12,23H,7-8H2,1H3,(H,26,28)(H2,22,24,25). The molecule has 1 amide bonds. The first-order valence-corrected chi connectivity index (χ1v) is 8.80. The van der Waals surface area contributed by atoms with E-state index < -0.39 is 5.82 Å². The first-order valence-electron chi connectivity index (χ1n) is 8.80. The summed E-state index contributed by atoms with van der Waals surface area (Å²) in [5.74, 6) is -0.981. The lowest BCUT2D eigenvalue weighted by Gasteiger charge is -2.26. The van der Waals surface area contributed by atoms with Crippen LogP contribution < -0.4 is 16.4 Å². The number of carbonyl (C=O) groups is 2. The molecule has 0 radical (unpaired) electrons. The van der Waals surface area contributed by atoms with Crippen LogP contribution in [0.3, 0.4) is 0 Å². The maximum Gasteiger partial charge on any atom is 0.230 e. The highest BCUT2D eigenvalue weighted by atomic mass is 19.1. The third-order valence-electron chi connectivity index (χ3n) is 4.84. The average molecular weight is 379 g/mol. The molecular weight excluding hydrogens is 361 g/mol. The van der Waals surface area contributed by atoms with Crippen molar-refractivity contribution >= 4 is 34.1 Å². The van der Waals surface area contributed by atoms with E-state index in [0.29, 0.717) is 40.9 Å². The van der Waals surface area contributed by atoms with Crippen molar-refractivity contribution in [2.45, 2.75) is 6.92 Å². The molecule has 0 spiro atoms. The van der Waals surface area contributed by atoms with Gasteiger partial charge in [0.25, 0.3) is 0 Å². The number of fused-ring (bicyclic) bond motifs is 1. The second-order valence-corrected chi connectivity index (χ2v) is 6.77. The summed E-state index contributed by atoms with van der Waals surface area (Å²) in [4.78, 5) is 32.9. The number of carbonyl (C=O) groups excluding carboxylic acids is 2. The van der Waals surface area contributed by atoms with E-state index in [-0.39, 0.29) is 28.9 Å². The van der Waals surface area contributed by atoms with Crippen LogP contribution in [0.1, 0.15) is 17.3 Å². The topological polar surface area (TPSA) is 110 Å². The number of nitrogens with two attached hydrogens (primary N) is 1. The summed E-state index contributed by atoms with van der Waals surface area (Å²) in [5.41, 5.74) is 7.94. The number of Topliss-reactive ketones (excluding diaryl/α,β-unsaturated/α-hetero) is 1. The Morgan fingerprint density at radius 1 is 1.21 bits per heavy atom. The molecule has 4 N–H and O–H groups in total. The van der Waals surface area contributed by atoms with Gasteiger partial charge >= 0.3 is 0 Å². The van der Waals surface area contributed by atoms with E-state index >= 15 is 0 Å². The van der Waals surface area contributed by atoms with E-state index in [1.807, 2.05) is 0 Å². The van der Waals surface area contributed by atoms with Crippen LogP contribution >= 0.6 is 0 Å². The van der Waals surface area contributed by atoms with Crippen LogP contribution in [0.25, 0.3) is 22.0 Å². The number of hydrogen-bond donors (Lipinski definition) is 3. The molecule has 1 aromatic heterocycles. The highest BCUT2D eigenvalue weighted by Gasteiger charge is 2.27. The number of benzene rings is 2. The Morgan fingerprint density at radius 3 is 2.68 bits per heavy atom. The lowest BCUT2D eigenvalue weighted by Crippen LogP contribution is -2.48. The summed E-state index contributed by atoms with van der Waals surface area (Å²) in [7, 11) is 0. The van der Waals surface area contributed by atoms with Crippen molar-refractivity contribution in [1.29, 1.82) is 0 Å². The van der Waals surface area contributed by atoms with E-state index in [1.54, 1.807) is 18.2 Å². The molecule has 142 valence electrons. The van der Waals surface area contributed by atoms with Gasteiger partial charge in [-0.2, -0.15) is 0 Å². The number of aromatic nitrogens is 2. The van der Waals surface area contributed by atoms with Crippen LogP contribution in [0, 0.1) is 11.7 Å². The summed E-state index contributed by atoms with van der Waals surface area (Å²) in [6.45, 7) is 2.51. The van der Waals surface area contributed by atoms with Crippen molar-refractivity contribution in [1.82, 2.24) is 15.3 Å². The van der Waals surface area contributed by atoms with Crippen molar-refractivity contribution in [3.63, 3.8) is 0 Å². The maximum atomic E-state index is 14.4. The minimum absolute atomic E-state index is 0.164. The molecule has 4 rings (SSSR count). The minimum atomic E-state index is -0.556. The van der Waals surface area contributed by atoms with Gasteiger partial charge in [-0.1, -0.05) is 6.07 Å². The van der Waals surface area contributed by atoms with Crippen LogP contribution in [-0.4, -0.2) is 34.7 Å². The third-order valence-corrected chi connectivity index (χ3v) is 4.84. The molecule has 28 heavy (non-hydrogen) atoms. The number of anilines is 2. The van der Waals surface area contributed by atoms with Gasteiger partial charge in [0.15, 0.2) is 5.78 Å². The maximum absolute atomic E-state index is 14.4. The first kappa shape index (κ1) is 18.0. The molecule has 1 aliphatic heterocycles. The second kappa shape index (κ2) is 6.97. The average Bonchev–Trinajstić information content (AvgIpc) is 2.59. The number of ketones is 1. The van der Waals surface area contributed by atoms with Crippen LogP contribution in [0.15, 0.2) is 36.7 Å². The zero-order chi connectivity index (χ0) is 19.8. The molecule has 1 fully saturated rings. The molecule has 2 heterocycles. The van der Waals surface area contributed by atoms with E-state index in [0.717, 1.165) is 0 Å². The Bertz CT molecular complexity index is 1110. The summed E-state index contributed by atoms with van der Waals surface area (Å²) in [5, 5.41) is 6.32. The molecule has 8 heteroatoms. The fraction of sp³-hybridized carbons (Fsp3) is 0.200. The predicted molar refractivity (Wildman–Crippen MR) is 104 cm³/mol. The number of amides is 1. The molecule has 2 aromatic carbocycles. The Kier molecular flexibility index (Phi) is 4.48. The van der Waals surface area contributed by atoms with Crippen molar-refractivity contribution in [3.05, 3.63) is 48.0 Å². The van der Waals surface area contributed by atoms with E-state index in [2.05, 4.69) is 20.6 Å². The quantitative estimate of drug-likeness (QED) is 0.601. The summed E-state index contributed by atoms with van der Waals surface area (Å²) < 4.78 is 14.4. The SMILES string of the molecule is CC(=O)c1c(NC(=O)C2CNC2)cc(F)cc1-c1ccc2ncnc(N)c2c1. The second-order valence-electron chi connectivity index (χ2n) is 6.77. The van der Waals surface area contributed by atoms with Crippen LogP contribution in [-0.2, 0) is 4.79 Å². The molecule has 0 saturated carbocycles. The number of hydrogen-bond acceptors (Lipinski definition) is 6. The van der Waals surface area contributed by atoms with Crippen molar-refractivity contribution < 1.29 is 14.0 Å². The largest absolute Gasteiger partial charge is 0.383 e. The third kappa shape index (κ3) is 3.18. The Balaban J connectivity index is 1.85. The van der Waals surface area contributed by atoms with Gasteiger partial charge in [-0.15, -0.1) is 0 Å². The van der Waals surface area contributed by atoms with Gasteiger partial charge in [-0.3, -0.25) is 9.59 Å². The van der Waals surface area contributed by atoms with Gasteiger partial charge in [-0.25, -0.2) is 14.4 Å². The summed E-state index contributed by atoms with van der Waals surface area (Å²) >= 11 is 0. The Morgan fingerprint density at radius 2 is 2.00 bits per heavy atom. The fourth-order valence-electron chi connectivity index (χ4n) is 3.27. The van der Waals surface area contributed by atoms with Gasteiger partial charge in [0.1, 0.15) is 18.0 Å². The van der Waals surface area contributed by atoms with E-state index in [9.17, 15) is 14.0 Å². The van der Waals surface area contributed by atoms with Crippen molar-refractivity contribution in [3.8, 4) is 11.1 Å². The van der Waals surface area contributed by atoms with Crippen LogP contribution in [0.2, 0.25) is 0 Å². The zero-order valence-corrected chi connectivity index (χ0v) is 15.1. The van der Waals surface area contributed by atoms with Gasteiger partial charge in [0.2, 0.25) is 5.91 Å². The van der Waals surface area contributed by atoms with Crippen molar-refractivity contribution in [2.75, 3.05) is 24.1 Å². The molecular formula is C20H18FN5O2. The van der Waals surface area contributed by atoms with E-state index in [4.69, 9.17) is 5.73 Å². The molecule has 1 saturated heterocycles. The number of rotatable bonds is 4. The molecule has 1 aliphatic rings. The first-order chi connectivity index (χ1) is 13.4. The molecule has 0 aliphatic carbocycles. The molecule has 0 bridgehead atoms. The normalized spacial score (nSPS) is 13.9. The summed E-state index contributed by atoms with van der Waals surface area (Å²) in [6, 6.07) is 7.63. The number of halogens is 1. The highest BCUT2D eigenvalue weighted by Crippen LogP contribution is 2.33. The minimum Gasteiger partial charge on any atom is -0.383 e. The lowest BCUT2D eigenvalue weighted by atomic mass is 9.94. The highest BCUT2D eigenvalue weighted by molar-refractivity contribution is 6.09. The fourth-order valence-corrected chi connectivity index (χ4v) is 3.27. The number of nitrogens with zero attached hydrogens (tertiary/aromatic N) is 2.